The molecule has 0 aromatic heterocycles. The molecule has 112 valence electrons. The molecule has 1 saturated heterocycles. The van der Waals surface area contributed by atoms with Gasteiger partial charge in [-0.15, -0.1) is 0 Å². The molecule has 1 heterocycles. The zero-order chi connectivity index (χ0) is 14.5. The molecule has 1 aliphatic rings. The fourth-order valence-electron chi connectivity index (χ4n) is 2.40. The number of rotatable bonds is 6. The summed E-state index contributed by atoms with van der Waals surface area (Å²) in [5, 5.41) is 2.79. The van der Waals surface area contributed by atoms with Crippen LogP contribution in [0.1, 0.15) is 13.3 Å². The molecule has 0 aromatic rings. The molecule has 0 radical (unpaired) electrons. The molecule has 0 saturated carbocycles. The molecule has 0 aliphatic carbocycles. The van der Waals surface area contributed by atoms with Gasteiger partial charge in [0.1, 0.15) is 0 Å². The SMILES string of the molecule is CCN(CC1CCN(C(=O)CNC)C1)CC(F)(F)F. The number of likely N-dealkylation sites (N-methyl/N-ethyl adjacent to an activating group) is 1. The van der Waals surface area contributed by atoms with Crippen LogP contribution in [0, 0.1) is 5.92 Å². The zero-order valence-electron chi connectivity index (χ0n) is 11.5. The summed E-state index contributed by atoms with van der Waals surface area (Å²) < 4.78 is 37.1. The number of carbonyl (C=O) groups excluding carboxylic acids is 1. The maximum absolute atomic E-state index is 12.4. The van der Waals surface area contributed by atoms with Crippen LogP contribution in [0.4, 0.5) is 13.2 Å². The first-order valence-corrected chi connectivity index (χ1v) is 6.57. The maximum atomic E-state index is 12.4. The molecule has 19 heavy (non-hydrogen) atoms. The second-order valence-corrected chi connectivity index (χ2v) is 4.97. The number of carbonyl (C=O) groups is 1. The average molecular weight is 281 g/mol. The Balaban J connectivity index is 2.40. The van der Waals surface area contributed by atoms with Crippen molar-refractivity contribution in [1.29, 1.82) is 0 Å². The molecular formula is C12H22F3N3O. The Kier molecular flexibility index (Phi) is 6.06. The molecule has 1 atom stereocenters. The summed E-state index contributed by atoms with van der Waals surface area (Å²) in [5.41, 5.74) is 0. The van der Waals surface area contributed by atoms with E-state index in [9.17, 15) is 18.0 Å². The van der Waals surface area contributed by atoms with Gasteiger partial charge < -0.3 is 10.2 Å². The Bertz CT molecular complexity index is 296. The fraction of sp³-hybridized carbons (Fsp3) is 0.917. The second kappa shape index (κ2) is 7.09. The second-order valence-electron chi connectivity index (χ2n) is 4.97. The molecule has 1 unspecified atom stereocenters. The van der Waals surface area contributed by atoms with Crippen molar-refractivity contribution in [3.05, 3.63) is 0 Å². The van der Waals surface area contributed by atoms with Crippen molar-refractivity contribution in [2.24, 2.45) is 5.92 Å². The number of alkyl halides is 3. The zero-order valence-corrected chi connectivity index (χ0v) is 11.5. The highest BCUT2D eigenvalue weighted by Crippen LogP contribution is 2.21. The van der Waals surface area contributed by atoms with E-state index in [1.807, 2.05) is 0 Å². The lowest BCUT2D eigenvalue weighted by Gasteiger charge is -2.25. The largest absolute Gasteiger partial charge is 0.401 e. The first-order valence-electron chi connectivity index (χ1n) is 6.57. The lowest BCUT2D eigenvalue weighted by Crippen LogP contribution is -2.39. The smallest absolute Gasteiger partial charge is 0.341 e. The average Bonchev–Trinajstić information content (AvgIpc) is 2.75. The summed E-state index contributed by atoms with van der Waals surface area (Å²) in [5.74, 6) is 0.159. The van der Waals surface area contributed by atoms with E-state index in [1.54, 1.807) is 18.9 Å². The van der Waals surface area contributed by atoms with Crippen molar-refractivity contribution >= 4 is 5.91 Å². The van der Waals surface area contributed by atoms with E-state index in [2.05, 4.69) is 5.32 Å². The number of halogens is 3. The molecule has 7 heteroatoms. The van der Waals surface area contributed by atoms with Crippen LogP contribution in [-0.2, 0) is 4.79 Å². The third kappa shape index (κ3) is 5.78. The Labute approximate surface area is 111 Å². The van der Waals surface area contributed by atoms with Gasteiger partial charge in [0.15, 0.2) is 0 Å². The number of amides is 1. The van der Waals surface area contributed by atoms with E-state index in [0.717, 1.165) is 6.42 Å². The van der Waals surface area contributed by atoms with Gasteiger partial charge in [-0.25, -0.2) is 0 Å². The minimum Gasteiger partial charge on any atom is -0.341 e. The third-order valence-corrected chi connectivity index (χ3v) is 3.33. The summed E-state index contributed by atoms with van der Waals surface area (Å²) in [6, 6.07) is 0. The number of hydrogen-bond acceptors (Lipinski definition) is 3. The maximum Gasteiger partial charge on any atom is 0.401 e. The molecule has 1 N–H and O–H groups in total. The van der Waals surface area contributed by atoms with Crippen molar-refractivity contribution in [3.8, 4) is 0 Å². The summed E-state index contributed by atoms with van der Waals surface area (Å²) >= 11 is 0. The van der Waals surface area contributed by atoms with Gasteiger partial charge in [-0.2, -0.15) is 13.2 Å². The Morgan fingerprint density at radius 1 is 1.47 bits per heavy atom. The van der Waals surface area contributed by atoms with E-state index < -0.39 is 12.7 Å². The fourth-order valence-corrected chi connectivity index (χ4v) is 2.40. The van der Waals surface area contributed by atoms with Crippen LogP contribution in [0.5, 0.6) is 0 Å². The third-order valence-electron chi connectivity index (χ3n) is 3.33. The van der Waals surface area contributed by atoms with Crippen LogP contribution in [0.2, 0.25) is 0 Å². The van der Waals surface area contributed by atoms with Crippen LogP contribution in [0.25, 0.3) is 0 Å². The first kappa shape index (κ1) is 16.2. The number of nitrogens with zero attached hydrogens (tertiary/aromatic N) is 2. The normalized spacial score (nSPS) is 20.3. The lowest BCUT2D eigenvalue weighted by molar-refractivity contribution is -0.146. The van der Waals surface area contributed by atoms with Gasteiger partial charge in [0.05, 0.1) is 13.1 Å². The van der Waals surface area contributed by atoms with Crippen molar-refractivity contribution in [2.75, 3.05) is 46.3 Å². The highest BCUT2D eigenvalue weighted by atomic mass is 19.4. The highest BCUT2D eigenvalue weighted by Gasteiger charge is 2.33. The minimum absolute atomic E-state index is 0.0175. The highest BCUT2D eigenvalue weighted by molar-refractivity contribution is 5.78. The minimum atomic E-state index is -4.16. The topological polar surface area (TPSA) is 35.6 Å². The molecule has 4 nitrogen and oxygen atoms in total. The molecular weight excluding hydrogens is 259 g/mol. The van der Waals surface area contributed by atoms with E-state index in [0.29, 0.717) is 26.2 Å². The molecule has 0 spiro atoms. The van der Waals surface area contributed by atoms with Crippen molar-refractivity contribution < 1.29 is 18.0 Å². The quantitative estimate of drug-likeness (QED) is 0.787. The van der Waals surface area contributed by atoms with Crippen LogP contribution in [0.15, 0.2) is 0 Å². The predicted molar refractivity (Wildman–Crippen MR) is 66.8 cm³/mol. The van der Waals surface area contributed by atoms with Crippen LogP contribution < -0.4 is 5.32 Å². The van der Waals surface area contributed by atoms with E-state index >= 15 is 0 Å². The number of nitrogens with one attached hydrogen (secondary N) is 1. The van der Waals surface area contributed by atoms with Gasteiger partial charge in [0.25, 0.3) is 0 Å². The summed E-state index contributed by atoms with van der Waals surface area (Å²) in [7, 11) is 1.70. The Hall–Kier alpha value is -0.820. The van der Waals surface area contributed by atoms with Crippen LogP contribution in [-0.4, -0.2) is 68.2 Å². The van der Waals surface area contributed by atoms with E-state index in [1.165, 1.54) is 4.90 Å². The first-order chi connectivity index (χ1) is 8.85. The van der Waals surface area contributed by atoms with Gasteiger partial charge in [0, 0.05) is 19.6 Å². The van der Waals surface area contributed by atoms with Gasteiger partial charge in [-0.3, -0.25) is 9.69 Å². The lowest BCUT2D eigenvalue weighted by atomic mass is 10.1. The molecule has 1 rings (SSSR count). The molecule has 0 aromatic carbocycles. The van der Waals surface area contributed by atoms with E-state index in [4.69, 9.17) is 0 Å². The van der Waals surface area contributed by atoms with Crippen LogP contribution >= 0.6 is 0 Å². The number of likely N-dealkylation sites (tertiary alicyclic amines) is 1. The number of hydrogen-bond donors (Lipinski definition) is 1. The van der Waals surface area contributed by atoms with Crippen LogP contribution in [0.3, 0.4) is 0 Å². The van der Waals surface area contributed by atoms with Crippen molar-refractivity contribution in [3.63, 3.8) is 0 Å². The van der Waals surface area contributed by atoms with Gasteiger partial charge in [0.2, 0.25) is 5.91 Å². The summed E-state index contributed by atoms with van der Waals surface area (Å²) in [6.07, 6.45) is -3.37. The molecule has 1 amide bonds. The van der Waals surface area contributed by atoms with Crippen molar-refractivity contribution in [1.82, 2.24) is 15.1 Å². The van der Waals surface area contributed by atoms with Gasteiger partial charge in [-0.05, 0) is 25.9 Å². The standard InChI is InChI=1S/C12H22F3N3O/c1-3-17(9-12(13,14)15)7-10-4-5-18(8-10)11(19)6-16-2/h10,16H,3-9H2,1-2H3. The Morgan fingerprint density at radius 3 is 2.68 bits per heavy atom. The molecule has 0 bridgehead atoms. The summed E-state index contributed by atoms with van der Waals surface area (Å²) in [4.78, 5) is 14.8. The monoisotopic (exact) mass is 281 g/mol. The van der Waals surface area contributed by atoms with Gasteiger partial charge in [-0.1, -0.05) is 6.92 Å². The molecule has 1 aliphatic heterocycles. The molecule has 1 fully saturated rings. The summed E-state index contributed by atoms with van der Waals surface area (Å²) in [6.45, 7) is 3.13. The predicted octanol–water partition coefficient (Wildman–Crippen LogP) is 0.938. The Morgan fingerprint density at radius 2 is 2.16 bits per heavy atom. The van der Waals surface area contributed by atoms with E-state index in [-0.39, 0.29) is 18.4 Å². The van der Waals surface area contributed by atoms with Gasteiger partial charge >= 0.3 is 6.18 Å². The van der Waals surface area contributed by atoms with Crippen molar-refractivity contribution in [2.45, 2.75) is 19.5 Å².